The first-order valence-electron chi connectivity index (χ1n) is 4.35. The highest BCUT2D eigenvalue weighted by atomic mass is 16.4. The van der Waals surface area contributed by atoms with E-state index in [0.29, 0.717) is 12.0 Å². The van der Waals surface area contributed by atoms with E-state index in [9.17, 15) is 4.79 Å². The summed E-state index contributed by atoms with van der Waals surface area (Å²) in [6.45, 7) is 0.216. The summed E-state index contributed by atoms with van der Waals surface area (Å²) in [6, 6.07) is 4.95. The Morgan fingerprint density at radius 3 is 2.64 bits per heavy atom. The molecule has 4 N–H and O–H groups in total. The van der Waals surface area contributed by atoms with Crippen LogP contribution in [0.4, 0.5) is 0 Å². The summed E-state index contributed by atoms with van der Waals surface area (Å²) in [5.41, 5.74) is 7.11. The number of aromatic carboxylic acids is 1. The highest BCUT2D eigenvalue weighted by Gasteiger charge is 2.12. The minimum atomic E-state index is -0.983. The Kier molecular flexibility index (Phi) is 3.62. The van der Waals surface area contributed by atoms with Gasteiger partial charge in [0.15, 0.2) is 0 Å². The van der Waals surface area contributed by atoms with Crippen molar-refractivity contribution in [2.45, 2.75) is 13.0 Å². The van der Waals surface area contributed by atoms with Crippen molar-refractivity contribution >= 4 is 5.97 Å². The molecule has 4 heteroatoms. The van der Waals surface area contributed by atoms with E-state index in [0.717, 1.165) is 5.56 Å². The van der Waals surface area contributed by atoms with Gasteiger partial charge in [0.2, 0.25) is 0 Å². The number of carboxylic acids is 1. The predicted octanol–water partition coefficient (Wildman–Crippen LogP) is 0.378. The number of aliphatic hydroxyl groups is 1. The second kappa shape index (κ2) is 4.74. The first-order valence-corrected chi connectivity index (χ1v) is 4.35. The van der Waals surface area contributed by atoms with E-state index in [2.05, 4.69) is 0 Å². The van der Waals surface area contributed by atoms with Gasteiger partial charge >= 0.3 is 5.97 Å². The van der Waals surface area contributed by atoms with Gasteiger partial charge in [0.1, 0.15) is 0 Å². The second-order valence-electron chi connectivity index (χ2n) is 2.93. The molecule has 0 unspecified atom stereocenters. The van der Waals surface area contributed by atoms with Crippen LogP contribution in [-0.2, 0) is 13.0 Å². The molecule has 1 aromatic rings. The zero-order valence-corrected chi connectivity index (χ0v) is 7.73. The number of hydrogen-bond donors (Lipinski definition) is 3. The summed E-state index contributed by atoms with van der Waals surface area (Å²) in [4.78, 5) is 10.8. The van der Waals surface area contributed by atoms with Gasteiger partial charge in [0, 0.05) is 13.2 Å². The molecule has 4 nitrogen and oxygen atoms in total. The van der Waals surface area contributed by atoms with Gasteiger partial charge in [-0.3, -0.25) is 0 Å². The zero-order valence-electron chi connectivity index (χ0n) is 7.73. The molecule has 0 spiro atoms. The van der Waals surface area contributed by atoms with Gasteiger partial charge in [-0.05, 0) is 23.6 Å². The van der Waals surface area contributed by atoms with E-state index in [-0.39, 0.29) is 18.7 Å². The van der Waals surface area contributed by atoms with Crippen LogP contribution in [0.3, 0.4) is 0 Å². The molecule has 0 aliphatic carbocycles. The fourth-order valence-electron chi connectivity index (χ4n) is 1.43. The summed E-state index contributed by atoms with van der Waals surface area (Å²) >= 11 is 0. The van der Waals surface area contributed by atoms with Crippen LogP contribution in [0.2, 0.25) is 0 Å². The maximum Gasteiger partial charge on any atom is 0.335 e. The lowest BCUT2D eigenvalue weighted by Crippen LogP contribution is -2.10. The largest absolute Gasteiger partial charge is 0.478 e. The first-order chi connectivity index (χ1) is 6.70. The van der Waals surface area contributed by atoms with Gasteiger partial charge in [-0.25, -0.2) is 4.79 Å². The van der Waals surface area contributed by atoms with Crippen molar-refractivity contribution in [2.24, 2.45) is 5.73 Å². The fraction of sp³-hybridized carbons (Fsp3) is 0.300. The first kappa shape index (κ1) is 10.7. The van der Waals surface area contributed by atoms with Crippen molar-refractivity contribution in [1.82, 2.24) is 0 Å². The van der Waals surface area contributed by atoms with Crippen LogP contribution in [0.15, 0.2) is 18.2 Å². The van der Waals surface area contributed by atoms with Crippen LogP contribution in [0, 0.1) is 0 Å². The molecule has 0 heterocycles. The average Bonchev–Trinajstić information content (AvgIpc) is 2.18. The molecule has 0 saturated heterocycles. The highest BCUT2D eigenvalue weighted by molar-refractivity contribution is 5.89. The molecule has 0 radical (unpaired) electrons. The van der Waals surface area contributed by atoms with E-state index in [4.69, 9.17) is 15.9 Å². The Morgan fingerprint density at radius 1 is 1.43 bits per heavy atom. The Morgan fingerprint density at radius 2 is 2.14 bits per heavy atom. The highest BCUT2D eigenvalue weighted by Crippen LogP contribution is 2.15. The SMILES string of the molecule is NCc1cccc(C(=O)O)c1CCO. The molecular formula is C10H13NO3. The van der Waals surface area contributed by atoms with Gasteiger partial charge in [0.25, 0.3) is 0 Å². The summed E-state index contributed by atoms with van der Waals surface area (Å²) in [5, 5.41) is 17.7. The van der Waals surface area contributed by atoms with Crippen LogP contribution in [0.1, 0.15) is 21.5 Å². The zero-order chi connectivity index (χ0) is 10.6. The topological polar surface area (TPSA) is 83.6 Å². The van der Waals surface area contributed by atoms with Gasteiger partial charge in [-0.15, -0.1) is 0 Å². The smallest absolute Gasteiger partial charge is 0.335 e. The molecule has 0 aliphatic rings. The van der Waals surface area contributed by atoms with Crippen LogP contribution < -0.4 is 5.73 Å². The molecule has 0 bridgehead atoms. The third kappa shape index (κ3) is 2.10. The lowest BCUT2D eigenvalue weighted by Gasteiger charge is -2.09. The molecule has 0 saturated carbocycles. The molecule has 0 atom stereocenters. The van der Waals surface area contributed by atoms with Crippen molar-refractivity contribution in [3.05, 3.63) is 34.9 Å². The summed E-state index contributed by atoms with van der Waals surface area (Å²) in [6.07, 6.45) is 0.328. The van der Waals surface area contributed by atoms with Crippen LogP contribution in [0.5, 0.6) is 0 Å². The van der Waals surface area contributed by atoms with Crippen LogP contribution >= 0.6 is 0 Å². The van der Waals surface area contributed by atoms with E-state index < -0.39 is 5.97 Å². The minimum Gasteiger partial charge on any atom is -0.478 e. The Bertz CT molecular complexity index is 336. The molecule has 1 aromatic carbocycles. The normalized spacial score (nSPS) is 10.1. The van der Waals surface area contributed by atoms with Crippen molar-refractivity contribution in [1.29, 1.82) is 0 Å². The van der Waals surface area contributed by atoms with Gasteiger partial charge in [0.05, 0.1) is 5.56 Å². The molecular weight excluding hydrogens is 182 g/mol. The maximum atomic E-state index is 10.8. The summed E-state index contributed by atoms with van der Waals surface area (Å²) in [5.74, 6) is -0.983. The fourth-order valence-corrected chi connectivity index (χ4v) is 1.43. The van der Waals surface area contributed by atoms with Crippen molar-refractivity contribution in [3.63, 3.8) is 0 Å². The number of hydrogen-bond acceptors (Lipinski definition) is 3. The quantitative estimate of drug-likeness (QED) is 0.648. The van der Waals surface area contributed by atoms with Crippen molar-refractivity contribution in [3.8, 4) is 0 Å². The molecule has 0 aliphatic heterocycles. The number of benzene rings is 1. The van der Waals surface area contributed by atoms with E-state index in [1.165, 1.54) is 6.07 Å². The van der Waals surface area contributed by atoms with Crippen LogP contribution in [-0.4, -0.2) is 22.8 Å². The van der Waals surface area contributed by atoms with Gasteiger partial charge < -0.3 is 15.9 Å². The number of carboxylic acid groups (broad SMARTS) is 1. The number of carbonyl (C=O) groups is 1. The average molecular weight is 195 g/mol. The molecule has 1 rings (SSSR count). The summed E-state index contributed by atoms with van der Waals surface area (Å²) in [7, 11) is 0. The molecule has 14 heavy (non-hydrogen) atoms. The molecule has 76 valence electrons. The minimum absolute atomic E-state index is 0.0721. The van der Waals surface area contributed by atoms with Crippen molar-refractivity contribution in [2.75, 3.05) is 6.61 Å². The van der Waals surface area contributed by atoms with Gasteiger partial charge in [-0.1, -0.05) is 12.1 Å². The Balaban J connectivity index is 3.20. The lowest BCUT2D eigenvalue weighted by atomic mass is 9.98. The monoisotopic (exact) mass is 195 g/mol. The lowest BCUT2D eigenvalue weighted by molar-refractivity contribution is 0.0695. The standard InChI is InChI=1S/C10H13NO3/c11-6-7-2-1-3-9(10(13)14)8(7)4-5-12/h1-3,12H,4-6,11H2,(H,13,14). The second-order valence-corrected chi connectivity index (χ2v) is 2.93. The number of aliphatic hydroxyl groups excluding tert-OH is 1. The van der Waals surface area contributed by atoms with E-state index in [1.807, 2.05) is 0 Å². The Hall–Kier alpha value is -1.39. The molecule has 0 aromatic heterocycles. The summed E-state index contributed by atoms with van der Waals surface area (Å²) < 4.78 is 0. The Labute approximate surface area is 82.0 Å². The third-order valence-corrected chi connectivity index (χ3v) is 2.09. The number of rotatable bonds is 4. The molecule has 0 fully saturated rings. The van der Waals surface area contributed by atoms with Crippen LogP contribution in [0.25, 0.3) is 0 Å². The maximum absolute atomic E-state index is 10.8. The predicted molar refractivity (Wildman–Crippen MR) is 52.1 cm³/mol. The molecule has 0 amide bonds. The van der Waals surface area contributed by atoms with E-state index in [1.54, 1.807) is 12.1 Å². The van der Waals surface area contributed by atoms with E-state index >= 15 is 0 Å². The van der Waals surface area contributed by atoms with Gasteiger partial charge in [-0.2, -0.15) is 0 Å². The van der Waals surface area contributed by atoms with Crippen molar-refractivity contribution < 1.29 is 15.0 Å². The third-order valence-electron chi connectivity index (χ3n) is 2.09. The number of nitrogens with two attached hydrogens (primary N) is 1.